The van der Waals surface area contributed by atoms with Crippen molar-refractivity contribution in [3.63, 3.8) is 0 Å². The van der Waals surface area contributed by atoms with E-state index in [0.717, 1.165) is 0 Å². The van der Waals surface area contributed by atoms with Crippen molar-refractivity contribution in [3.05, 3.63) is 0 Å². The van der Waals surface area contributed by atoms with Crippen LogP contribution in [0.5, 0.6) is 0 Å². The second kappa shape index (κ2) is 22.4. The summed E-state index contributed by atoms with van der Waals surface area (Å²) in [6.07, 6.45) is -13.2. The summed E-state index contributed by atoms with van der Waals surface area (Å²) in [7, 11) is 0. The highest BCUT2D eigenvalue weighted by atomic mass is 16.8. The van der Waals surface area contributed by atoms with Crippen LogP contribution in [0.15, 0.2) is 0 Å². The predicted octanol–water partition coefficient (Wildman–Crippen LogP) is 1.80. The van der Waals surface area contributed by atoms with Gasteiger partial charge in [-0.3, -0.25) is 28.8 Å². The summed E-state index contributed by atoms with van der Waals surface area (Å²) < 4.78 is 46.5. The number of aliphatic hydroxyl groups excluding tert-OH is 3. The molecule has 2 heterocycles. The Hall–Kier alpha value is -3.42. The van der Waals surface area contributed by atoms with Crippen LogP contribution in [0.4, 0.5) is 0 Å². The van der Waals surface area contributed by atoms with Gasteiger partial charge in [0, 0.05) is 6.42 Å². The van der Waals surface area contributed by atoms with Crippen LogP contribution >= 0.6 is 0 Å². The lowest BCUT2D eigenvalue weighted by Gasteiger charge is -2.47. The molecule has 4 N–H and O–H groups in total. The van der Waals surface area contributed by atoms with Gasteiger partial charge in [0.2, 0.25) is 12.1 Å². The van der Waals surface area contributed by atoms with Crippen molar-refractivity contribution in [2.75, 3.05) is 19.8 Å². The van der Waals surface area contributed by atoms with Crippen LogP contribution in [0.1, 0.15) is 100 Å². The Labute approximate surface area is 321 Å². The van der Waals surface area contributed by atoms with Crippen molar-refractivity contribution < 1.29 is 87.1 Å². The molecular weight excluding hydrogens is 732 g/mol. The highest BCUT2D eigenvalue weighted by molar-refractivity contribution is 5.90. The molecule has 0 aliphatic carbocycles. The van der Waals surface area contributed by atoms with Crippen molar-refractivity contribution in [2.24, 2.45) is 23.7 Å². The molecule has 2 fully saturated rings. The first kappa shape index (κ1) is 47.7. The van der Waals surface area contributed by atoms with Crippen molar-refractivity contribution in [3.8, 4) is 0 Å². The minimum atomic E-state index is -2.63. The average Bonchev–Trinajstić information content (AvgIpc) is 3.38. The lowest BCUT2D eigenvalue weighted by molar-refractivity contribution is -0.384. The first-order valence-electron chi connectivity index (χ1n) is 19.0. The Bertz CT molecular complexity index is 1290. The molecule has 0 bridgehead atoms. The highest BCUT2D eigenvalue weighted by Crippen LogP contribution is 2.39. The fraction of sp³-hybridized carbons (Fsp3) is 0.838. The smallest absolute Gasteiger partial charge is 0.317 e. The van der Waals surface area contributed by atoms with Gasteiger partial charge in [-0.05, 0) is 31.6 Å². The van der Waals surface area contributed by atoms with Crippen LogP contribution in [0, 0.1) is 23.7 Å². The van der Waals surface area contributed by atoms with E-state index in [1.165, 1.54) is 0 Å². The fourth-order valence-corrected chi connectivity index (χ4v) is 5.49. The summed E-state index contributed by atoms with van der Waals surface area (Å²) in [6.45, 7) is 11.4. The highest BCUT2D eigenvalue weighted by Gasteiger charge is 2.61. The Morgan fingerprint density at radius 3 is 1.80 bits per heavy atom. The molecule has 0 radical (unpaired) electrons. The Morgan fingerprint density at radius 1 is 0.727 bits per heavy atom. The lowest BCUT2D eigenvalue weighted by Crippen LogP contribution is -2.66. The van der Waals surface area contributed by atoms with E-state index in [-0.39, 0.29) is 12.3 Å². The molecule has 2 aliphatic heterocycles. The zero-order chi connectivity index (χ0) is 41.6. The molecule has 0 amide bonds. The molecular formula is C37H60O18. The molecule has 12 atom stereocenters. The summed E-state index contributed by atoms with van der Waals surface area (Å²) >= 11 is 0. The number of carboxylic acid groups (broad SMARTS) is 1. The maximum Gasteiger partial charge on any atom is 0.317 e. The number of esters is 5. The Morgan fingerprint density at radius 2 is 1.29 bits per heavy atom. The van der Waals surface area contributed by atoms with E-state index in [1.54, 1.807) is 41.5 Å². The quantitative estimate of drug-likeness (QED) is 0.0692. The molecule has 2 saturated heterocycles. The Balaban J connectivity index is 2.79. The second-order valence-electron chi connectivity index (χ2n) is 14.6. The Kier molecular flexibility index (Phi) is 19.4. The van der Waals surface area contributed by atoms with Crippen LogP contribution in [-0.4, -0.2) is 131 Å². The maximum absolute atomic E-state index is 13.5. The minimum absolute atomic E-state index is 0.0948. The molecule has 316 valence electrons. The number of carbonyl (C=O) groups excluding carboxylic acids is 5. The predicted molar refractivity (Wildman–Crippen MR) is 187 cm³/mol. The first-order chi connectivity index (χ1) is 25.8. The van der Waals surface area contributed by atoms with Gasteiger partial charge in [0.05, 0.1) is 24.4 Å². The van der Waals surface area contributed by atoms with Crippen LogP contribution < -0.4 is 0 Å². The second-order valence-corrected chi connectivity index (χ2v) is 14.6. The molecule has 2 aliphatic rings. The summed E-state index contributed by atoms with van der Waals surface area (Å²) in [5.74, 6) is -10.2. The molecule has 0 aromatic carbocycles. The van der Waals surface area contributed by atoms with E-state index in [1.807, 2.05) is 13.8 Å². The zero-order valence-electron chi connectivity index (χ0n) is 33.0. The number of ether oxygens (including phenoxy) is 8. The van der Waals surface area contributed by atoms with Crippen molar-refractivity contribution in [1.29, 1.82) is 0 Å². The summed E-state index contributed by atoms with van der Waals surface area (Å²) in [5.41, 5.74) is 0. The van der Waals surface area contributed by atoms with E-state index in [0.29, 0.717) is 32.1 Å². The summed E-state index contributed by atoms with van der Waals surface area (Å²) in [4.78, 5) is 76.7. The monoisotopic (exact) mass is 792 g/mol. The molecule has 0 spiro atoms. The van der Waals surface area contributed by atoms with Gasteiger partial charge in [-0.2, -0.15) is 0 Å². The molecule has 18 heteroatoms. The van der Waals surface area contributed by atoms with Crippen LogP contribution in [-0.2, 0) is 66.7 Å². The average molecular weight is 793 g/mol. The van der Waals surface area contributed by atoms with E-state index >= 15 is 0 Å². The molecule has 0 aromatic heterocycles. The molecule has 0 saturated carbocycles. The molecule has 0 aromatic rings. The number of carbonyl (C=O) groups is 6. The maximum atomic E-state index is 13.5. The first-order valence-corrected chi connectivity index (χ1v) is 19.0. The number of aliphatic hydroxyl groups is 3. The number of aliphatic carboxylic acids is 1. The molecule has 18 nitrogen and oxygen atoms in total. The topological polar surface area (TPSA) is 257 Å². The van der Waals surface area contributed by atoms with Gasteiger partial charge in [0.15, 0.2) is 18.3 Å². The largest absolute Gasteiger partial charge is 0.481 e. The van der Waals surface area contributed by atoms with E-state index in [4.69, 9.17) is 43.0 Å². The third kappa shape index (κ3) is 13.6. The normalized spacial score (nSPS) is 29.5. The van der Waals surface area contributed by atoms with Gasteiger partial charge < -0.3 is 58.3 Å². The number of carboxylic acids is 1. The van der Waals surface area contributed by atoms with Gasteiger partial charge >= 0.3 is 35.8 Å². The van der Waals surface area contributed by atoms with Crippen LogP contribution in [0.25, 0.3) is 0 Å². The lowest BCUT2D eigenvalue weighted by atomic mass is 9.96. The van der Waals surface area contributed by atoms with Gasteiger partial charge in [-0.25, -0.2) is 0 Å². The minimum Gasteiger partial charge on any atom is -0.481 e. The van der Waals surface area contributed by atoms with Crippen molar-refractivity contribution in [1.82, 2.24) is 0 Å². The fourth-order valence-electron chi connectivity index (χ4n) is 5.49. The number of hydrogen-bond acceptors (Lipinski definition) is 17. The summed E-state index contributed by atoms with van der Waals surface area (Å²) in [5, 5.41) is 41.0. The standard InChI is InChI=1S/C37H60O18/c1-9-20(6)33(45)48-17-24-29(52-34(46)21(7)10-2)30(51-26(41)14-12-13-19(4)5)31(53-35(47)22(8)11-3)36(50-24)55-37(18-49-27(42)15-25(39)40)32(44)28(43)23(16-38)54-37/h19-24,28-32,36,38,43-44H,9-18H2,1-8H3,(H,39,40)/t20?,21?,22?,23-,24-,28-,29-,30+,31-,32+,36-,37+/m1/s1. The van der Waals surface area contributed by atoms with E-state index in [9.17, 15) is 44.1 Å². The van der Waals surface area contributed by atoms with E-state index in [2.05, 4.69) is 0 Å². The van der Waals surface area contributed by atoms with Crippen LogP contribution in [0.3, 0.4) is 0 Å². The third-order valence-electron chi connectivity index (χ3n) is 9.69. The van der Waals surface area contributed by atoms with E-state index < -0.39 is 135 Å². The van der Waals surface area contributed by atoms with Gasteiger partial charge in [0.1, 0.15) is 44.1 Å². The van der Waals surface area contributed by atoms with Gasteiger partial charge in [-0.15, -0.1) is 0 Å². The van der Waals surface area contributed by atoms with Crippen LogP contribution in [0.2, 0.25) is 0 Å². The van der Waals surface area contributed by atoms with Crippen molar-refractivity contribution in [2.45, 2.75) is 155 Å². The zero-order valence-corrected chi connectivity index (χ0v) is 33.0. The number of rotatable bonds is 22. The molecule has 3 unspecified atom stereocenters. The third-order valence-corrected chi connectivity index (χ3v) is 9.69. The SMILES string of the molecule is CCC(C)C(=O)OC[C@H]1O[C@H](O[C@]2(COC(=O)CC(=O)O)O[C@H](CO)[C@@H](O)[C@@H]2O)[C@H](OC(=O)C(C)CC)[C@@H](OC(=O)CCCC(C)C)[C@@H]1OC(=O)C(C)CC. The molecule has 2 rings (SSSR count). The van der Waals surface area contributed by atoms with Gasteiger partial charge in [-0.1, -0.05) is 61.8 Å². The molecule has 55 heavy (non-hydrogen) atoms. The van der Waals surface area contributed by atoms with Crippen molar-refractivity contribution >= 4 is 35.8 Å². The van der Waals surface area contributed by atoms with Gasteiger partial charge in [0.25, 0.3) is 0 Å². The number of hydrogen-bond donors (Lipinski definition) is 4. The summed E-state index contributed by atoms with van der Waals surface area (Å²) in [6, 6.07) is 0.